The molecule has 6 nitrogen and oxygen atoms in total. The molecular weight excluding hydrogens is 268 g/mol. The lowest BCUT2D eigenvalue weighted by Gasteiger charge is -2.06. The van der Waals surface area contributed by atoms with E-state index in [1.54, 1.807) is 10.9 Å². The summed E-state index contributed by atoms with van der Waals surface area (Å²) in [5, 5.41) is 4.18. The average molecular weight is 283 g/mol. The number of hydrogen-bond donors (Lipinski definition) is 1. The largest absolute Gasteiger partial charge is 0.334 e. The van der Waals surface area contributed by atoms with Gasteiger partial charge in [-0.2, -0.15) is 5.10 Å². The number of H-pyrrole nitrogens is 1. The minimum Gasteiger partial charge on any atom is -0.297 e. The van der Waals surface area contributed by atoms with Crippen molar-refractivity contribution in [3.05, 3.63) is 43.9 Å². The zero-order chi connectivity index (χ0) is 14.0. The molecule has 0 spiro atoms. The standard InChI is InChI=1S/C12H15ClN4O2/c1-3-5-9-10(13)15-12(19)17(11(9)18)8-6-14-16(4-2)7-8/h6-7H,3-5H2,1-2H3,(H,15,19). The van der Waals surface area contributed by atoms with Gasteiger partial charge in [0.05, 0.1) is 17.4 Å². The zero-order valence-electron chi connectivity index (χ0n) is 10.8. The number of aryl methyl sites for hydroxylation is 1. The van der Waals surface area contributed by atoms with E-state index in [1.807, 2.05) is 13.8 Å². The van der Waals surface area contributed by atoms with Gasteiger partial charge in [-0.1, -0.05) is 24.9 Å². The van der Waals surface area contributed by atoms with Gasteiger partial charge in [-0.05, 0) is 13.3 Å². The Morgan fingerprint density at radius 2 is 2.11 bits per heavy atom. The number of aromatic amines is 1. The molecule has 7 heteroatoms. The van der Waals surface area contributed by atoms with Crippen LogP contribution in [0.4, 0.5) is 0 Å². The van der Waals surface area contributed by atoms with Crippen molar-refractivity contribution in [2.24, 2.45) is 0 Å². The SMILES string of the molecule is CCCc1c(Cl)[nH]c(=O)n(-c2cnn(CC)c2)c1=O. The molecule has 0 atom stereocenters. The average Bonchev–Trinajstić information content (AvgIpc) is 2.83. The summed E-state index contributed by atoms with van der Waals surface area (Å²) in [6.45, 7) is 4.54. The van der Waals surface area contributed by atoms with Gasteiger partial charge in [-0.3, -0.25) is 14.5 Å². The maximum Gasteiger partial charge on any atom is 0.334 e. The van der Waals surface area contributed by atoms with Gasteiger partial charge in [-0.25, -0.2) is 9.36 Å². The van der Waals surface area contributed by atoms with E-state index in [0.29, 0.717) is 24.2 Å². The molecule has 0 aliphatic heterocycles. The minimum absolute atomic E-state index is 0.121. The summed E-state index contributed by atoms with van der Waals surface area (Å²) in [7, 11) is 0. The summed E-state index contributed by atoms with van der Waals surface area (Å²) in [6.07, 6.45) is 4.44. The van der Waals surface area contributed by atoms with Crippen molar-refractivity contribution in [2.75, 3.05) is 0 Å². The highest BCUT2D eigenvalue weighted by atomic mass is 35.5. The van der Waals surface area contributed by atoms with E-state index >= 15 is 0 Å². The Bertz CT molecular complexity index is 698. The summed E-state index contributed by atoms with van der Waals surface area (Å²) in [5.41, 5.74) is -0.0631. The molecule has 0 unspecified atom stereocenters. The van der Waals surface area contributed by atoms with Gasteiger partial charge < -0.3 is 0 Å². The summed E-state index contributed by atoms with van der Waals surface area (Å²) < 4.78 is 2.71. The quantitative estimate of drug-likeness (QED) is 0.860. The van der Waals surface area contributed by atoms with Crippen molar-refractivity contribution < 1.29 is 0 Å². The summed E-state index contributed by atoms with van der Waals surface area (Å²) >= 11 is 5.92. The van der Waals surface area contributed by atoms with Gasteiger partial charge in [0.15, 0.2) is 0 Å². The summed E-state index contributed by atoms with van der Waals surface area (Å²) in [4.78, 5) is 26.7. The molecule has 0 saturated heterocycles. The molecule has 102 valence electrons. The van der Waals surface area contributed by atoms with Gasteiger partial charge in [-0.15, -0.1) is 0 Å². The monoisotopic (exact) mass is 282 g/mol. The summed E-state index contributed by atoms with van der Waals surface area (Å²) in [6, 6.07) is 0. The Balaban J connectivity index is 2.66. The van der Waals surface area contributed by atoms with Crippen LogP contribution in [0.3, 0.4) is 0 Å². The van der Waals surface area contributed by atoms with E-state index in [1.165, 1.54) is 6.20 Å². The Morgan fingerprint density at radius 3 is 2.68 bits per heavy atom. The fourth-order valence-corrected chi connectivity index (χ4v) is 2.14. The number of nitrogens with one attached hydrogen (secondary N) is 1. The van der Waals surface area contributed by atoms with Crippen LogP contribution in [0.15, 0.2) is 22.0 Å². The first kappa shape index (κ1) is 13.6. The predicted octanol–water partition coefficient (Wildman–Crippen LogP) is 1.35. The number of aromatic nitrogens is 4. The maximum atomic E-state index is 12.3. The fourth-order valence-electron chi connectivity index (χ4n) is 1.89. The maximum absolute atomic E-state index is 12.3. The first-order chi connectivity index (χ1) is 9.08. The van der Waals surface area contributed by atoms with Gasteiger partial charge in [0.1, 0.15) is 5.15 Å². The smallest absolute Gasteiger partial charge is 0.297 e. The van der Waals surface area contributed by atoms with Crippen LogP contribution in [-0.4, -0.2) is 19.3 Å². The van der Waals surface area contributed by atoms with Crippen molar-refractivity contribution in [3.63, 3.8) is 0 Å². The Kier molecular flexibility index (Phi) is 3.90. The van der Waals surface area contributed by atoms with Gasteiger partial charge in [0.2, 0.25) is 0 Å². The van der Waals surface area contributed by atoms with E-state index in [9.17, 15) is 9.59 Å². The molecule has 2 heterocycles. The van der Waals surface area contributed by atoms with Crippen LogP contribution >= 0.6 is 11.6 Å². The first-order valence-electron chi connectivity index (χ1n) is 6.15. The van der Waals surface area contributed by atoms with Gasteiger partial charge >= 0.3 is 5.69 Å². The van der Waals surface area contributed by atoms with E-state index in [2.05, 4.69) is 10.1 Å². The molecule has 1 N–H and O–H groups in total. The van der Waals surface area contributed by atoms with Crippen molar-refractivity contribution in [1.29, 1.82) is 0 Å². The van der Waals surface area contributed by atoms with E-state index < -0.39 is 5.69 Å². The lowest BCUT2D eigenvalue weighted by Crippen LogP contribution is -2.36. The Labute approximate surface area is 114 Å². The number of nitrogens with zero attached hydrogens (tertiary/aromatic N) is 3. The zero-order valence-corrected chi connectivity index (χ0v) is 11.6. The van der Waals surface area contributed by atoms with Crippen LogP contribution in [-0.2, 0) is 13.0 Å². The van der Waals surface area contributed by atoms with Crippen LogP contribution in [0.25, 0.3) is 5.69 Å². The molecule has 0 bridgehead atoms. The van der Waals surface area contributed by atoms with Gasteiger partial charge in [0.25, 0.3) is 5.56 Å². The molecule has 2 aromatic heterocycles. The van der Waals surface area contributed by atoms with E-state index in [4.69, 9.17) is 11.6 Å². The van der Waals surface area contributed by atoms with Crippen molar-refractivity contribution in [3.8, 4) is 5.69 Å². The van der Waals surface area contributed by atoms with Crippen LogP contribution < -0.4 is 11.2 Å². The van der Waals surface area contributed by atoms with Crippen LogP contribution in [0.2, 0.25) is 5.15 Å². The molecule has 0 saturated carbocycles. The molecular formula is C12H15ClN4O2. The second kappa shape index (κ2) is 5.44. The second-order valence-corrected chi connectivity index (χ2v) is 4.55. The predicted molar refractivity (Wildman–Crippen MR) is 73.1 cm³/mol. The third-order valence-corrected chi connectivity index (χ3v) is 3.17. The second-order valence-electron chi connectivity index (χ2n) is 4.17. The molecule has 0 aromatic carbocycles. The van der Waals surface area contributed by atoms with Crippen LogP contribution in [0.1, 0.15) is 25.8 Å². The third kappa shape index (κ3) is 2.49. The van der Waals surface area contributed by atoms with Gasteiger partial charge in [0, 0.05) is 12.7 Å². The number of hydrogen-bond acceptors (Lipinski definition) is 3. The molecule has 0 fully saturated rings. The Hall–Kier alpha value is -1.82. The number of rotatable bonds is 4. The van der Waals surface area contributed by atoms with Crippen LogP contribution in [0.5, 0.6) is 0 Å². The van der Waals surface area contributed by atoms with Crippen molar-refractivity contribution in [1.82, 2.24) is 19.3 Å². The minimum atomic E-state index is -0.550. The highest BCUT2D eigenvalue weighted by Crippen LogP contribution is 2.09. The lowest BCUT2D eigenvalue weighted by atomic mass is 10.2. The molecule has 0 aliphatic carbocycles. The van der Waals surface area contributed by atoms with E-state index in [-0.39, 0.29) is 10.7 Å². The molecule has 2 aromatic rings. The molecule has 2 rings (SSSR count). The molecule has 0 radical (unpaired) electrons. The van der Waals surface area contributed by atoms with Crippen molar-refractivity contribution >= 4 is 11.6 Å². The Morgan fingerprint density at radius 1 is 1.37 bits per heavy atom. The third-order valence-electron chi connectivity index (χ3n) is 2.85. The van der Waals surface area contributed by atoms with Crippen LogP contribution in [0, 0.1) is 0 Å². The normalized spacial score (nSPS) is 10.9. The molecule has 0 amide bonds. The summed E-state index contributed by atoms with van der Waals surface area (Å²) in [5.74, 6) is 0. The fraction of sp³-hybridized carbons (Fsp3) is 0.417. The molecule has 0 aliphatic rings. The first-order valence-corrected chi connectivity index (χ1v) is 6.52. The lowest BCUT2D eigenvalue weighted by molar-refractivity contribution is 0.659. The topological polar surface area (TPSA) is 72.7 Å². The number of halogens is 1. The van der Waals surface area contributed by atoms with Crippen molar-refractivity contribution in [2.45, 2.75) is 33.2 Å². The molecule has 19 heavy (non-hydrogen) atoms. The van der Waals surface area contributed by atoms with E-state index in [0.717, 1.165) is 11.0 Å². The highest BCUT2D eigenvalue weighted by molar-refractivity contribution is 6.30. The highest BCUT2D eigenvalue weighted by Gasteiger charge is 2.14.